The Balaban J connectivity index is 2.31. The third kappa shape index (κ3) is 4.88. The van der Waals surface area contributed by atoms with E-state index >= 15 is 0 Å². The fourth-order valence-electron chi connectivity index (χ4n) is 2.28. The van der Waals surface area contributed by atoms with Gasteiger partial charge in [0.15, 0.2) is 5.79 Å². The molecule has 0 bridgehead atoms. The molecule has 0 aromatic carbocycles. The van der Waals surface area contributed by atoms with Gasteiger partial charge in [-0.25, -0.2) is 0 Å². The molecular formula is C13H25IO2. The number of hydrogen-bond donors (Lipinski definition) is 0. The molecule has 0 amide bonds. The maximum Gasteiger partial charge on any atom is 0.163 e. The lowest BCUT2D eigenvalue weighted by Crippen LogP contribution is -2.22. The molecule has 1 saturated heterocycles. The Morgan fingerprint density at radius 3 is 2.19 bits per heavy atom. The zero-order chi connectivity index (χ0) is 12.0. The molecule has 3 heteroatoms. The molecule has 0 radical (unpaired) electrons. The van der Waals surface area contributed by atoms with E-state index in [4.69, 9.17) is 9.47 Å². The molecular weight excluding hydrogens is 315 g/mol. The van der Waals surface area contributed by atoms with Crippen LogP contribution < -0.4 is 0 Å². The minimum Gasteiger partial charge on any atom is -0.345 e. The van der Waals surface area contributed by atoms with Crippen molar-refractivity contribution < 1.29 is 9.47 Å². The van der Waals surface area contributed by atoms with Gasteiger partial charge in [0, 0.05) is 4.43 Å². The van der Waals surface area contributed by atoms with E-state index in [1.165, 1.54) is 25.7 Å². The molecule has 2 nitrogen and oxygen atoms in total. The highest BCUT2D eigenvalue weighted by Crippen LogP contribution is 2.32. The molecule has 1 fully saturated rings. The van der Waals surface area contributed by atoms with Crippen LogP contribution in [0.3, 0.4) is 0 Å². The van der Waals surface area contributed by atoms with Crippen molar-refractivity contribution in [3.8, 4) is 0 Å². The Bertz CT molecular complexity index is 194. The van der Waals surface area contributed by atoms with Crippen LogP contribution in [-0.2, 0) is 9.47 Å². The van der Waals surface area contributed by atoms with E-state index in [0.29, 0.717) is 12.2 Å². The van der Waals surface area contributed by atoms with Gasteiger partial charge in [-0.3, -0.25) is 0 Å². The van der Waals surface area contributed by atoms with Gasteiger partial charge >= 0.3 is 0 Å². The third-order valence-electron chi connectivity index (χ3n) is 3.02. The van der Waals surface area contributed by atoms with Gasteiger partial charge in [0.2, 0.25) is 0 Å². The second-order valence-electron chi connectivity index (χ2n) is 5.04. The van der Waals surface area contributed by atoms with E-state index in [1.54, 1.807) is 0 Å². The summed E-state index contributed by atoms with van der Waals surface area (Å²) in [5.41, 5.74) is 0. The monoisotopic (exact) mass is 340 g/mol. The molecule has 16 heavy (non-hydrogen) atoms. The number of hydrogen-bond acceptors (Lipinski definition) is 2. The number of rotatable bonds is 7. The summed E-state index contributed by atoms with van der Waals surface area (Å²) < 4.78 is 13.0. The van der Waals surface area contributed by atoms with Crippen LogP contribution in [0.1, 0.15) is 59.3 Å². The summed E-state index contributed by atoms with van der Waals surface area (Å²) in [7, 11) is 0. The third-order valence-corrected chi connectivity index (χ3v) is 3.64. The summed E-state index contributed by atoms with van der Waals surface area (Å²) in [5, 5.41) is 0. The Morgan fingerprint density at radius 2 is 1.62 bits per heavy atom. The molecule has 0 aromatic heterocycles. The van der Waals surface area contributed by atoms with Crippen molar-refractivity contribution >= 4 is 22.6 Å². The first-order chi connectivity index (χ1) is 7.59. The molecule has 1 rings (SSSR count). The highest BCUT2D eigenvalue weighted by atomic mass is 127. The van der Waals surface area contributed by atoms with E-state index in [1.807, 2.05) is 13.8 Å². The topological polar surface area (TPSA) is 18.5 Å². The molecule has 2 atom stereocenters. The van der Waals surface area contributed by atoms with Crippen LogP contribution >= 0.6 is 22.6 Å². The number of ether oxygens (including phenoxy) is 2. The second kappa shape index (κ2) is 7.17. The summed E-state index contributed by atoms with van der Waals surface area (Å²) in [6, 6.07) is 0. The summed E-state index contributed by atoms with van der Waals surface area (Å²) in [4.78, 5) is 0. The highest BCUT2D eigenvalue weighted by Gasteiger charge is 2.39. The molecule has 0 saturated carbocycles. The Labute approximate surface area is 114 Å². The lowest BCUT2D eigenvalue weighted by molar-refractivity contribution is -0.146. The van der Waals surface area contributed by atoms with Crippen molar-refractivity contribution in [2.45, 2.75) is 77.3 Å². The van der Waals surface area contributed by atoms with Gasteiger partial charge < -0.3 is 9.47 Å². The Morgan fingerprint density at radius 1 is 1.00 bits per heavy atom. The maximum atomic E-state index is 5.97. The van der Waals surface area contributed by atoms with Gasteiger partial charge in [-0.15, -0.1) is 0 Å². The van der Waals surface area contributed by atoms with E-state index < -0.39 is 0 Å². The summed E-state index contributed by atoms with van der Waals surface area (Å²) in [5.74, 6) is -0.369. The van der Waals surface area contributed by atoms with Crippen LogP contribution in [0.4, 0.5) is 0 Å². The molecule has 1 heterocycles. The van der Waals surface area contributed by atoms with Crippen LogP contribution in [0.5, 0.6) is 0 Å². The molecule has 0 unspecified atom stereocenters. The summed E-state index contributed by atoms with van der Waals surface area (Å²) in [6.07, 6.45) is 8.14. The first-order valence-corrected chi connectivity index (χ1v) is 8.03. The van der Waals surface area contributed by atoms with Crippen LogP contribution in [0.25, 0.3) is 0 Å². The summed E-state index contributed by atoms with van der Waals surface area (Å²) in [6.45, 7) is 6.30. The number of unbranched alkanes of at least 4 members (excludes halogenated alkanes) is 3. The van der Waals surface area contributed by atoms with Crippen molar-refractivity contribution in [2.75, 3.05) is 4.43 Å². The zero-order valence-corrected chi connectivity index (χ0v) is 13.0. The fraction of sp³-hybridized carbons (Fsp3) is 1.00. The van der Waals surface area contributed by atoms with Gasteiger partial charge in [0.05, 0.1) is 12.2 Å². The Hall–Kier alpha value is 0.650. The maximum absolute atomic E-state index is 5.97. The lowest BCUT2D eigenvalue weighted by atomic mass is 10.0. The van der Waals surface area contributed by atoms with E-state index in [9.17, 15) is 0 Å². The molecule has 0 N–H and O–H groups in total. The SMILES string of the molecule is CCCCCC[C@@H]1OC(C)(C)O[C@H]1CCI. The van der Waals surface area contributed by atoms with E-state index in [-0.39, 0.29) is 5.79 Å². The normalized spacial score (nSPS) is 28.5. The Kier molecular flexibility index (Phi) is 6.59. The van der Waals surface area contributed by atoms with Crippen molar-refractivity contribution in [3.05, 3.63) is 0 Å². The quantitative estimate of drug-likeness (QED) is 0.391. The van der Waals surface area contributed by atoms with E-state index in [2.05, 4.69) is 29.5 Å². The van der Waals surface area contributed by atoms with Gasteiger partial charge in [0.1, 0.15) is 0 Å². The standard InChI is InChI=1S/C13H25IO2/c1-4-5-6-7-8-11-12(9-10-14)16-13(2,3)15-11/h11-12H,4-10H2,1-3H3/t11-,12-/m0/s1. The summed E-state index contributed by atoms with van der Waals surface area (Å²) >= 11 is 2.41. The number of halogens is 1. The smallest absolute Gasteiger partial charge is 0.163 e. The molecule has 0 spiro atoms. The van der Waals surface area contributed by atoms with Gasteiger partial charge in [-0.05, 0) is 26.7 Å². The fourth-order valence-corrected chi connectivity index (χ4v) is 2.89. The van der Waals surface area contributed by atoms with Crippen LogP contribution in [0.2, 0.25) is 0 Å². The van der Waals surface area contributed by atoms with Gasteiger partial charge in [-0.2, -0.15) is 0 Å². The highest BCUT2D eigenvalue weighted by molar-refractivity contribution is 14.1. The first-order valence-electron chi connectivity index (χ1n) is 6.50. The van der Waals surface area contributed by atoms with Gasteiger partial charge in [-0.1, -0.05) is 55.2 Å². The molecule has 0 aliphatic carbocycles. The van der Waals surface area contributed by atoms with Crippen molar-refractivity contribution in [3.63, 3.8) is 0 Å². The largest absolute Gasteiger partial charge is 0.345 e. The van der Waals surface area contributed by atoms with Crippen molar-refractivity contribution in [2.24, 2.45) is 0 Å². The molecule has 96 valence electrons. The molecule has 1 aliphatic rings. The van der Waals surface area contributed by atoms with E-state index in [0.717, 1.165) is 17.3 Å². The lowest BCUT2D eigenvalue weighted by Gasteiger charge is -2.16. The van der Waals surface area contributed by atoms with Crippen LogP contribution in [-0.4, -0.2) is 22.4 Å². The van der Waals surface area contributed by atoms with Crippen molar-refractivity contribution in [1.29, 1.82) is 0 Å². The van der Waals surface area contributed by atoms with Gasteiger partial charge in [0.25, 0.3) is 0 Å². The minimum absolute atomic E-state index is 0.313. The predicted octanol–water partition coefficient (Wildman–Crippen LogP) is 4.30. The zero-order valence-electron chi connectivity index (χ0n) is 10.8. The van der Waals surface area contributed by atoms with Crippen LogP contribution in [0.15, 0.2) is 0 Å². The average molecular weight is 340 g/mol. The number of alkyl halides is 1. The van der Waals surface area contributed by atoms with Crippen LogP contribution in [0, 0.1) is 0 Å². The molecule has 1 aliphatic heterocycles. The predicted molar refractivity (Wildman–Crippen MR) is 76.1 cm³/mol. The minimum atomic E-state index is -0.369. The average Bonchev–Trinajstić information content (AvgIpc) is 2.49. The first kappa shape index (κ1) is 14.7. The molecule has 0 aromatic rings. The second-order valence-corrected chi connectivity index (χ2v) is 6.12. The van der Waals surface area contributed by atoms with Crippen molar-refractivity contribution in [1.82, 2.24) is 0 Å².